The number of carbonyl (C=O) groups is 3. The summed E-state index contributed by atoms with van der Waals surface area (Å²) >= 11 is 0. The average Bonchev–Trinajstić information content (AvgIpc) is 3.12. The largest absolute Gasteiger partial charge is 0.341 e. The highest BCUT2D eigenvalue weighted by atomic mass is 19.1. The quantitative estimate of drug-likeness (QED) is 0.763. The normalized spacial score (nSPS) is 31.8. The van der Waals surface area contributed by atoms with Gasteiger partial charge in [-0.1, -0.05) is 12.1 Å². The molecule has 0 aliphatic carbocycles. The fourth-order valence-electron chi connectivity index (χ4n) is 4.61. The molecule has 28 heavy (non-hydrogen) atoms. The Balaban J connectivity index is 1.45. The SMILES string of the molecule is CN(C(=O)CN1C(=O)NC(C)(c2ccc(F)cc2)C1=O)C1CC2CCC(C1)N2. The van der Waals surface area contributed by atoms with E-state index in [1.54, 1.807) is 18.9 Å². The molecule has 3 aliphatic heterocycles. The van der Waals surface area contributed by atoms with Crippen LogP contribution in [0.25, 0.3) is 0 Å². The van der Waals surface area contributed by atoms with Crippen molar-refractivity contribution >= 4 is 17.8 Å². The van der Waals surface area contributed by atoms with Gasteiger partial charge in [-0.3, -0.25) is 14.5 Å². The van der Waals surface area contributed by atoms with E-state index in [-0.39, 0.29) is 18.5 Å². The van der Waals surface area contributed by atoms with Crippen LogP contribution in [0.1, 0.15) is 38.2 Å². The Morgan fingerprint density at radius 2 is 1.82 bits per heavy atom. The number of amides is 4. The number of fused-ring (bicyclic) bond motifs is 2. The van der Waals surface area contributed by atoms with Gasteiger partial charge in [-0.2, -0.15) is 0 Å². The molecular weight excluding hydrogens is 363 g/mol. The lowest BCUT2D eigenvalue weighted by Gasteiger charge is -2.36. The van der Waals surface area contributed by atoms with Crippen molar-refractivity contribution in [2.45, 2.75) is 56.3 Å². The van der Waals surface area contributed by atoms with Crippen molar-refractivity contribution in [3.8, 4) is 0 Å². The molecule has 8 heteroatoms. The summed E-state index contributed by atoms with van der Waals surface area (Å²) in [5, 5.41) is 6.19. The lowest BCUT2D eigenvalue weighted by Crippen LogP contribution is -2.51. The van der Waals surface area contributed by atoms with Crippen LogP contribution in [0.5, 0.6) is 0 Å². The van der Waals surface area contributed by atoms with Crippen molar-refractivity contribution in [1.29, 1.82) is 0 Å². The summed E-state index contributed by atoms with van der Waals surface area (Å²) in [6, 6.07) is 5.82. The molecule has 4 amide bonds. The van der Waals surface area contributed by atoms with E-state index >= 15 is 0 Å². The Hall–Kier alpha value is -2.48. The first-order valence-corrected chi connectivity index (χ1v) is 9.70. The number of hydrogen-bond acceptors (Lipinski definition) is 4. The van der Waals surface area contributed by atoms with E-state index in [1.165, 1.54) is 24.3 Å². The second kappa shape index (κ2) is 6.84. The Bertz CT molecular complexity index is 802. The number of urea groups is 1. The van der Waals surface area contributed by atoms with Gasteiger partial charge in [0, 0.05) is 25.2 Å². The predicted octanol–water partition coefficient (Wildman–Crippen LogP) is 1.33. The summed E-state index contributed by atoms with van der Waals surface area (Å²) in [6.45, 7) is 1.27. The van der Waals surface area contributed by atoms with Crippen LogP contribution in [0, 0.1) is 5.82 Å². The average molecular weight is 388 g/mol. The molecule has 3 fully saturated rings. The number of imide groups is 1. The van der Waals surface area contributed by atoms with Crippen LogP contribution in [0.4, 0.5) is 9.18 Å². The molecule has 0 aromatic heterocycles. The van der Waals surface area contributed by atoms with Crippen molar-refractivity contribution in [2.75, 3.05) is 13.6 Å². The second-order valence-corrected chi connectivity index (χ2v) is 8.22. The van der Waals surface area contributed by atoms with Crippen LogP contribution < -0.4 is 10.6 Å². The van der Waals surface area contributed by atoms with Gasteiger partial charge in [-0.25, -0.2) is 9.18 Å². The van der Waals surface area contributed by atoms with Gasteiger partial charge in [0.2, 0.25) is 5.91 Å². The summed E-state index contributed by atoms with van der Waals surface area (Å²) in [5.41, 5.74) is -0.831. The molecule has 150 valence electrons. The third kappa shape index (κ3) is 3.15. The summed E-state index contributed by atoms with van der Waals surface area (Å²) in [4.78, 5) is 40.8. The number of nitrogens with one attached hydrogen (secondary N) is 2. The van der Waals surface area contributed by atoms with E-state index in [0.29, 0.717) is 17.6 Å². The zero-order chi connectivity index (χ0) is 20.1. The molecule has 3 saturated heterocycles. The van der Waals surface area contributed by atoms with Gasteiger partial charge in [-0.15, -0.1) is 0 Å². The highest BCUT2D eigenvalue weighted by Gasteiger charge is 2.50. The highest BCUT2D eigenvalue weighted by molar-refractivity contribution is 6.09. The number of hydrogen-bond donors (Lipinski definition) is 2. The fourth-order valence-corrected chi connectivity index (χ4v) is 4.61. The molecule has 4 rings (SSSR count). The Morgan fingerprint density at radius 3 is 2.43 bits per heavy atom. The molecule has 3 heterocycles. The van der Waals surface area contributed by atoms with Gasteiger partial charge in [-0.05, 0) is 50.3 Å². The van der Waals surface area contributed by atoms with Crippen LogP contribution in [0.2, 0.25) is 0 Å². The molecule has 3 aliphatic rings. The van der Waals surface area contributed by atoms with Crippen molar-refractivity contribution < 1.29 is 18.8 Å². The van der Waals surface area contributed by atoms with Crippen LogP contribution >= 0.6 is 0 Å². The van der Waals surface area contributed by atoms with Gasteiger partial charge < -0.3 is 15.5 Å². The van der Waals surface area contributed by atoms with Crippen LogP contribution in [0.3, 0.4) is 0 Å². The number of halogens is 1. The van der Waals surface area contributed by atoms with Crippen molar-refractivity contribution in [2.24, 2.45) is 0 Å². The van der Waals surface area contributed by atoms with E-state index in [2.05, 4.69) is 10.6 Å². The summed E-state index contributed by atoms with van der Waals surface area (Å²) in [6.07, 6.45) is 4.05. The minimum Gasteiger partial charge on any atom is -0.341 e. The monoisotopic (exact) mass is 388 g/mol. The van der Waals surface area contributed by atoms with E-state index in [4.69, 9.17) is 0 Å². The summed E-state index contributed by atoms with van der Waals surface area (Å²) < 4.78 is 13.2. The molecule has 0 spiro atoms. The number of rotatable bonds is 4. The van der Waals surface area contributed by atoms with Crippen molar-refractivity contribution in [1.82, 2.24) is 20.4 Å². The predicted molar refractivity (Wildman–Crippen MR) is 99.7 cm³/mol. The van der Waals surface area contributed by atoms with Gasteiger partial charge in [0.25, 0.3) is 5.91 Å². The fraction of sp³-hybridized carbons (Fsp3) is 0.550. The maximum absolute atomic E-state index is 13.2. The maximum atomic E-state index is 13.2. The molecule has 1 aromatic rings. The number of nitrogens with zero attached hydrogens (tertiary/aromatic N) is 2. The Kier molecular flexibility index (Phi) is 4.61. The molecule has 7 nitrogen and oxygen atoms in total. The molecule has 0 saturated carbocycles. The first kappa shape index (κ1) is 18.9. The zero-order valence-corrected chi connectivity index (χ0v) is 16.1. The molecule has 2 bridgehead atoms. The van der Waals surface area contributed by atoms with Crippen LogP contribution in [0.15, 0.2) is 24.3 Å². The first-order valence-electron chi connectivity index (χ1n) is 9.70. The smallest absolute Gasteiger partial charge is 0.325 e. The summed E-state index contributed by atoms with van der Waals surface area (Å²) in [7, 11) is 1.75. The number of likely N-dealkylation sites (N-methyl/N-ethyl adjacent to an activating group) is 1. The number of piperidine rings is 1. The van der Waals surface area contributed by atoms with Gasteiger partial charge in [0.1, 0.15) is 17.9 Å². The molecular formula is C20H25FN4O3. The first-order chi connectivity index (χ1) is 13.3. The van der Waals surface area contributed by atoms with Crippen molar-refractivity contribution in [3.05, 3.63) is 35.6 Å². The molecule has 1 aromatic carbocycles. The van der Waals surface area contributed by atoms with E-state index in [9.17, 15) is 18.8 Å². The highest BCUT2D eigenvalue weighted by Crippen LogP contribution is 2.31. The Labute approximate surface area is 163 Å². The maximum Gasteiger partial charge on any atom is 0.325 e. The standard InChI is InChI=1S/C20H25FN4O3/c1-20(12-3-5-13(21)6-4-12)18(27)25(19(28)23-20)11-17(26)24(2)16-9-14-7-8-15(10-16)22-14/h3-6,14-16,22H,7-11H2,1-2H3,(H,23,28). The van der Waals surface area contributed by atoms with Crippen LogP contribution in [-0.2, 0) is 15.1 Å². The van der Waals surface area contributed by atoms with Crippen LogP contribution in [-0.4, -0.2) is 59.4 Å². The third-order valence-corrected chi connectivity index (χ3v) is 6.38. The molecule has 2 N–H and O–H groups in total. The zero-order valence-electron chi connectivity index (χ0n) is 16.1. The number of benzene rings is 1. The molecule has 0 radical (unpaired) electrons. The molecule has 3 unspecified atom stereocenters. The minimum absolute atomic E-state index is 0.121. The lowest BCUT2D eigenvalue weighted by atomic mass is 9.92. The summed E-state index contributed by atoms with van der Waals surface area (Å²) in [5.74, 6) is -1.18. The van der Waals surface area contributed by atoms with E-state index in [0.717, 1.165) is 30.6 Å². The topological polar surface area (TPSA) is 81.8 Å². The second-order valence-electron chi connectivity index (χ2n) is 8.22. The van der Waals surface area contributed by atoms with Crippen molar-refractivity contribution in [3.63, 3.8) is 0 Å². The minimum atomic E-state index is -1.31. The van der Waals surface area contributed by atoms with E-state index < -0.39 is 23.3 Å². The van der Waals surface area contributed by atoms with Gasteiger partial charge in [0.05, 0.1) is 0 Å². The number of carbonyl (C=O) groups excluding carboxylic acids is 3. The third-order valence-electron chi connectivity index (χ3n) is 6.38. The van der Waals surface area contributed by atoms with Gasteiger partial charge >= 0.3 is 6.03 Å². The molecule has 3 atom stereocenters. The van der Waals surface area contributed by atoms with E-state index in [1.807, 2.05) is 0 Å². The van der Waals surface area contributed by atoms with Gasteiger partial charge in [0.15, 0.2) is 0 Å². The Morgan fingerprint density at radius 1 is 1.21 bits per heavy atom. The lowest BCUT2D eigenvalue weighted by molar-refractivity contribution is -0.139.